The molecular weight excluding hydrogens is 446 g/mol. The third kappa shape index (κ3) is 5.53. The van der Waals surface area contributed by atoms with Crippen LogP contribution < -0.4 is 5.32 Å². The quantitative estimate of drug-likeness (QED) is 0.403. The fourth-order valence-corrected chi connectivity index (χ4v) is 5.04. The lowest BCUT2D eigenvalue weighted by Gasteiger charge is -2.37. The Bertz CT molecular complexity index is 879. The number of benzene rings is 1. The first-order valence-corrected chi connectivity index (χ1v) is 12.1. The predicted molar refractivity (Wildman–Crippen MR) is 126 cm³/mol. The Morgan fingerprint density at radius 3 is 2.30 bits per heavy atom. The first kappa shape index (κ1) is 25.5. The van der Waals surface area contributed by atoms with Crippen molar-refractivity contribution in [2.45, 2.75) is 70.9 Å². The van der Waals surface area contributed by atoms with Crippen molar-refractivity contribution < 1.29 is 28.5 Å². The molecule has 0 radical (unpaired) electrons. The molecule has 0 bridgehead atoms. The summed E-state index contributed by atoms with van der Waals surface area (Å²) in [7, 11) is 1.69. The van der Waals surface area contributed by atoms with E-state index in [0.29, 0.717) is 48.6 Å². The molecule has 8 heteroatoms. The van der Waals surface area contributed by atoms with Crippen LogP contribution >= 0.6 is 11.6 Å². The summed E-state index contributed by atoms with van der Waals surface area (Å²) in [6.07, 6.45) is 3.36. The standard InChI is InChI=1S/C25H34ClNO6/c1-5-16-14-18(26)15-17(6-2)20(16)21-22(33-24(29)32-13-12-31-7-3)25(27-23(21)28)10-8-19(30-4)9-11-25/h14-15,19H,5-13H2,1-4H3,(H,27,28). The Labute approximate surface area is 200 Å². The van der Waals surface area contributed by atoms with Gasteiger partial charge in [-0.2, -0.15) is 0 Å². The van der Waals surface area contributed by atoms with Crippen LogP contribution in [-0.4, -0.2) is 50.6 Å². The molecule has 1 saturated carbocycles. The summed E-state index contributed by atoms with van der Waals surface area (Å²) in [6, 6.07) is 3.75. The van der Waals surface area contributed by atoms with E-state index in [9.17, 15) is 9.59 Å². The van der Waals surface area contributed by atoms with Crippen molar-refractivity contribution in [3.8, 4) is 0 Å². The monoisotopic (exact) mass is 479 g/mol. The van der Waals surface area contributed by atoms with Crippen LogP contribution in [0.5, 0.6) is 0 Å². The number of hydrogen-bond acceptors (Lipinski definition) is 6. The van der Waals surface area contributed by atoms with Crippen LogP contribution in [0, 0.1) is 0 Å². The molecular formula is C25H34ClNO6. The minimum absolute atomic E-state index is 0.0801. The molecule has 1 N–H and O–H groups in total. The van der Waals surface area contributed by atoms with Gasteiger partial charge in [-0.15, -0.1) is 0 Å². The number of rotatable bonds is 9. The van der Waals surface area contributed by atoms with Gasteiger partial charge in [0.2, 0.25) is 0 Å². The predicted octanol–water partition coefficient (Wildman–Crippen LogP) is 4.82. The van der Waals surface area contributed by atoms with Gasteiger partial charge in [0, 0.05) is 18.7 Å². The highest BCUT2D eigenvalue weighted by Gasteiger charge is 2.50. The second-order valence-corrected chi connectivity index (χ2v) is 8.82. The highest BCUT2D eigenvalue weighted by molar-refractivity contribution is 6.31. The summed E-state index contributed by atoms with van der Waals surface area (Å²) < 4.78 is 21.8. The summed E-state index contributed by atoms with van der Waals surface area (Å²) in [5.74, 6) is 0.102. The normalized spacial score (nSPS) is 22.6. The molecule has 1 fully saturated rings. The lowest BCUT2D eigenvalue weighted by molar-refractivity contribution is -0.116. The molecule has 1 aliphatic carbocycles. The van der Waals surface area contributed by atoms with E-state index in [2.05, 4.69) is 5.32 Å². The van der Waals surface area contributed by atoms with E-state index in [1.807, 2.05) is 32.9 Å². The second kappa shape index (κ2) is 11.4. The maximum atomic E-state index is 13.4. The number of amides is 1. The van der Waals surface area contributed by atoms with Crippen molar-refractivity contribution in [2.24, 2.45) is 0 Å². The Morgan fingerprint density at radius 2 is 1.76 bits per heavy atom. The Balaban J connectivity index is 2.06. The number of nitrogens with one attached hydrogen (secondary N) is 1. The first-order valence-electron chi connectivity index (χ1n) is 11.7. The Kier molecular flexibility index (Phi) is 8.79. The Hall–Kier alpha value is -2.09. The number of hydrogen-bond donors (Lipinski definition) is 1. The van der Waals surface area contributed by atoms with E-state index >= 15 is 0 Å². The van der Waals surface area contributed by atoms with Crippen molar-refractivity contribution in [2.75, 3.05) is 26.9 Å². The van der Waals surface area contributed by atoms with Crippen LogP contribution in [0.25, 0.3) is 5.57 Å². The average molecular weight is 480 g/mol. The third-order valence-electron chi connectivity index (χ3n) is 6.48. The molecule has 182 valence electrons. The number of aryl methyl sites for hydroxylation is 2. The molecule has 0 unspecified atom stereocenters. The molecule has 0 saturated heterocycles. The van der Waals surface area contributed by atoms with Crippen molar-refractivity contribution in [1.82, 2.24) is 5.32 Å². The maximum Gasteiger partial charge on any atom is 0.513 e. The number of halogens is 1. The van der Waals surface area contributed by atoms with Gasteiger partial charge in [-0.05, 0) is 74.3 Å². The fourth-order valence-electron chi connectivity index (χ4n) is 4.77. The molecule has 7 nitrogen and oxygen atoms in total. The molecule has 1 aromatic carbocycles. The summed E-state index contributed by atoms with van der Waals surface area (Å²) in [4.78, 5) is 26.1. The SMILES string of the molecule is CCOCCOC(=O)OC1=C(c2c(CC)cc(Cl)cc2CC)C(=O)NC12CCC(OC)CC2. The Morgan fingerprint density at radius 1 is 1.12 bits per heavy atom. The van der Waals surface area contributed by atoms with Crippen molar-refractivity contribution in [3.05, 3.63) is 39.6 Å². The minimum atomic E-state index is -0.836. The van der Waals surface area contributed by atoms with Crippen molar-refractivity contribution >= 4 is 29.2 Å². The van der Waals surface area contributed by atoms with Gasteiger partial charge < -0.3 is 24.3 Å². The number of ether oxygens (including phenoxy) is 4. The zero-order chi connectivity index (χ0) is 24.0. The van der Waals surface area contributed by atoms with E-state index in [1.165, 1.54) is 0 Å². The number of carbonyl (C=O) groups excluding carboxylic acids is 2. The van der Waals surface area contributed by atoms with Crippen molar-refractivity contribution in [1.29, 1.82) is 0 Å². The van der Waals surface area contributed by atoms with Crippen LogP contribution in [0.4, 0.5) is 4.79 Å². The molecule has 0 atom stereocenters. The fraction of sp³-hybridized carbons (Fsp3) is 0.600. The van der Waals surface area contributed by atoms with Crippen LogP contribution in [0.3, 0.4) is 0 Å². The highest BCUT2D eigenvalue weighted by atomic mass is 35.5. The molecule has 1 aliphatic heterocycles. The van der Waals surface area contributed by atoms with Crippen LogP contribution in [-0.2, 0) is 36.6 Å². The highest BCUT2D eigenvalue weighted by Crippen LogP contribution is 2.45. The lowest BCUT2D eigenvalue weighted by Crippen LogP contribution is -2.49. The smallest absolute Gasteiger partial charge is 0.432 e. The van der Waals surface area contributed by atoms with Gasteiger partial charge in [0.25, 0.3) is 5.91 Å². The van der Waals surface area contributed by atoms with Gasteiger partial charge in [0.05, 0.1) is 23.8 Å². The van der Waals surface area contributed by atoms with Gasteiger partial charge in [-0.3, -0.25) is 4.79 Å². The first-order chi connectivity index (χ1) is 15.9. The van der Waals surface area contributed by atoms with Gasteiger partial charge in [0.1, 0.15) is 12.4 Å². The number of methoxy groups -OCH3 is 1. The molecule has 33 heavy (non-hydrogen) atoms. The van der Waals surface area contributed by atoms with Gasteiger partial charge in [-0.25, -0.2) is 4.79 Å². The second-order valence-electron chi connectivity index (χ2n) is 8.38. The molecule has 1 aromatic rings. The zero-order valence-corrected chi connectivity index (χ0v) is 20.7. The summed E-state index contributed by atoms with van der Waals surface area (Å²) in [5.41, 5.74) is 2.31. The van der Waals surface area contributed by atoms with E-state index in [0.717, 1.165) is 29.5 Å². The van der Waals surface area contributed by atoms with E-state index in [1.54, 1.807) is 7.11 Å². The molecule has 1 spiro atoms. The topological polar surface area (TPSA) is 83.1 Å². The van der Waals surface area contributed by atoms with Gasteiger partial charge in [0.15, 0.2) is 0 Å². The maximum absolute atomic E-state index is 13.4. The minimum Gasteiger partial charge on any atom is -0.432 e. The summed E-state index contributed by atoms with van der Waals surface area (Å²) in [5, 5.41) is 3.78. The van der Waals surface area contributed by atoms with Crippen LogP contribution in [0.15, 0.2) is 17.9 Å². The third-order valence-corrected chi connectivity index (χ3v) is 6.69. The van der Waals surface area contributed by atoms with Crippen LogP contribution in [0.1, 0.15) is 63.1 Å². The molecule has 1 heterocycles. The van der Waals surface area contributed by atoms with E-state index in [4.69, 9.17) is 30.5 Å². The van der Waals surface area contributed by atoms with Gasteiger partial charge in [-0.1, -0.05) is 25.4 Å². The average Bonchev–Trinajstić information content (AvgIpc) is 3.06. The zero-order valence-electron chi connectivity index (χ0n) is 19.9. The largest absolute Gasteiger partial charge is 0.513 e. The molecule has 1 amide bonds. The van der Waals surface area contributed by atoms with E-state index in [-0.39, 0.29) is 25.2 Å². The van der Waals surface area contributed by atoms with Gasteiger partial charge >= 0.3 is 6.16 Å². The van der Waals surface area contributed by atoms with E-state index < -0.39 is 11.7 Å². The van der Waals surface area contributed by atoms with Crippen molar-refractivity contribution in [3.63, 3.8) is 0 Å². The molecule has 2 aliphatic rings. The lowest BCUT2D eigenvalue weighted by atomic mass is 9.78. The molecule has 0 aromatic heterocycles. The number of carbonyl (C=O) groups is 2. The summed E-state index contributed by atoms with van der Waals surface area (Å²) >= 11 is 6.35. The van der Waals surface area contributed by atoms with Crippen LogP contribution in [0.2, 0.25) is 5.02 Å². The summed E-state index contributed by atoms with van der Waals surface area (Å²) in [6.45, 7) is 6.80. The molecule has 3 rings (SSSR count).